The SMILES string of the molecule is COC1C=CC=C2Oc3ncccc3C(=CCC=O)C=C21. The second-order valence-corrected chi connectivity index (χ2v) is 4.69. The number of allylic oxidation sites excluding steroid dienone is 5. The summed E-state index contributed by atoms with van der Waals surface area (Å²) < 4.78 is 11.4. The number of methoxy groups -OCH3 is 1. The van der Waals surface area contributed by atoms with Gasteiger partial charge in [0, 0.05) is 30.9 Å². The fourth-order valence-corrected chi connectivity index (χ4v) is 2.42. The van der Waals surface area contributed by atoms with Crippen LogP contribution in [0.1, 0.15) is 12.0 Å². The molecule has 1 aromatic heterocycles. The van der Waals surface area contributed by atoms with Gasteiger partial charge in [-0.15, -0.1) is 0 Å². The number of carbonyl (C=O) groups excluding carboxylic acids is 1. The van der Waals surface area contributed by atoms with Crippen LogP contribution >= 0.6 is 0 Å². The molecule has 1 aliphatic heterocycles. The molecule has 1 atom stereocenters. The third-order valence-corrected chi connectivity index (χ3v) is 3.41. The van der Waals surface area contributed by atoms with E-state index in [1.807, 2.05) is 42.5 Å². The van der Waals surface area contributed by atoms with Crippen molar-refractivity contribution in [2.75, 3.05) is 7.11 Å². The number of carbonyl (C=O) groups is 1. The lowest BCUT2D eigenvalue weighted by Gasteiger charge is -2.19. The third-order valence-electron chi connectivity index (χ3n) is 3.41. The standard InChI is InChI=1S/C17H15NO3/c1-20-15-7-2-8-16-14(15)11-12(5-4-10-19)13-6-3-9-18-17(13)21-16/h2-3,5-11,15H,4H2,1H3. The van der Waals surface area contributed by atoms with Crippen LogP contribution in [0.5, 0.6) is 5.88 Å². The quantitative estimate of drug-likeness (QED) is 0.799. The molecule has 0 N–H and O–H groups in total. The van der Waals surface area contributed by atoms with Crippen molar-refractivity contribution in [1.82, 2.24) is 4.98 Å². The number of hydrogen-bond donors (Lipinski definition) is 0. The molecule has 4 nitrogen and oxygen atoms in total. The Morgan fingerprint density at radius 1 is 1.48 bits per heavy atom. The Hall–Kier alpha value is -2.46. The van der Waals surface area contributed by atoms with Crippen molar-refractivity contribution >= 4 is 11.9 Å². The lowest BCUT2D eigenvalue weighted by Crippen LogP contribution is -2.17. The van der Waals surface area contributed by atoms with Gasteiger partial charge in [0.1, 0.15) is 18.1 Å². The van der Waals surface area contributed by atoms with Crippen molar-refractivity contribution in [3.05, 3.63) is 65.6 Å². The van der Waals surface area contributed by atoms with Crippen LogP contribution in [0.15, 0.2) is 60.0 Å². The zero-order valence-corrected chi connectivity index (χ0v) is 11.7. The Morgan fingerprint density at radius 3 is 3.19 bits per heavy atom. The first-order valence-corrected chi connectivity index (χ1v) is 6.73. The molecule has 0 radical (unpaired) electrons. The van der Waals surface area contributed by atoms with Gasteiger partial charge < -0.3 is 14.3 Å². The number of aldehydes is 1. The van der Waals surface area contributed by atoms with Crippen LogP contribution in [-0.2, 0) is 9.53 Å². The highest BCUT2D eigenvalue weighted by Crippen LogP contribution is 2.36. The summed E-state index contributed by atoms with van der Waals surface area (Å²) in [5, 5.41) is 0. The normalized spacial score (nSPS) is 21.6. The zero-order chi connectivity index (χ0) is 14.7. The lowest BCUT2D eigenvalue weighted by molar-refractivity contribution is -0.107. The predicted molar refractivity (Wildman–Crippen MR) is 79.6 cm³/mol. The van der Waals surface area contributed by atoms with E-state index in [9.17, 15) is 4.79 Å². The predicted octanol–water partition coefficient (Wildman–Crippen LogP) is 2.84. The number of pyridine rings is 1. The van der Waals surface area contributed by atoms with E-state index in [4.69, 9.17) is 9.47 Å². The maximum atomic E-state index is 10.7. The zero-order valence-electron chi connectivity index (χ0n) is 11.7. The maximum absolute atomic E-state index is 10.7. The molecule has 1 unspecified atom stereocenters. The van der Waals surface area contributed by atoms with E-state index in [1.165, 1.54) is 0 Å². The van der Waals surface area contributed by atoms with Crippen molar-refractivity contribution in [2.24, 2.45) is 0 Å². The first-order chi connectivity index (χ1) is 10.3. The Kier molecular flexibility index (Phi) is 3.79. The number of aromatic nitrogens is 1. The van der Waals surface area contributed by atoms with Crippen LogP contribution in [0.2, 0.25) is 0 Å². The van der Waals surface area contributed by atoms with Crippen LogP contribution < -0.4 is 4.74 Å². The second kappa shape index (κ2) is 5.89. The Labute approximate surface area is 123 Å². The van der Waals surface area contributed by atoms with Gasteiger partial charge in [-0.3, -0.25) is 0 Å². The van der Waals surface area contributed by atoms with Gasteiger partial charge in [0.25, 0.3) is 0 Å². The number of hydrogen-bond acceptors (Lipinski definition) is 4. The van der Waals surface area contributed by atoms with E-state index in [0.717, 1.165) is 28.8 Å². The van der Waals surface area contributed by atoms with Gasteiger partial charge >= 0.3 is 0 Å². The Balaban J connectivity index is 2.15. The minimum absolute atomic E-state index is 0.168. The van der Waals surface area contributed by atoms with Crippen LogP contribution in [0, 0.1) is 0 Å². The summed E-state index contributed by atoms with van der Waals surface area (Å²) in [7, 11) is 1.66. The van der Waals surface area contributed by atoms with E-state index in [0.29, 0.717) is 12.3 Å². The molecular formula is C17H15NO3. The second-order valence-electron chi connectivity index (χ2n) is 4.69. The molecule has 1 aromatic rings. The van der Waals surface area contributed by atoms with Gasteiger partial charge in [-0.2, -0.15) is 0 Å². The molecule has 2 heterocycles. The highest BCUT2D eigenvalue weighted by Gasteiger charge is 2.25. The molecule has 4 heteroatoms. The van der Waals surface area contributed by atoms with Gasteiger partial charge in [0.2, 0.25) is 5.88 Å². The van der Waals surface area contributed by atoms with Crippen molar-refractivity contribution in [2.45, 2.75) is 12.5 Å². The molecule has 0 bridgehead atoms. The Bertz CT molecular complexity index is 683. The molecular weight excluding hydrogens is 266 g/mol. The van der Waals surface area contributed by atoms with E-state index in [-0.39, 0.29) is 6.10 Å². The summed E-state index contributed by atoms with van der Waals surface area (Å²) in [5.74, 6) is 1.26. The monoisotopic (exact) mass is 281 g/mol. The lowest BCUT2D eigenvalue weighted by atomic mass is 9.97. The maximum Gasteiger partial charge on any atom is 0.227 e. The van der Waals surface area contributed by atoms with Crippen molar-refractivity contribution in [1.29, 1.82) is 0 Å². The van der Waals surface area contributed by atoms with Gasteiger partial charge in [-0.1, -0.05) is 18.2 Å². The smallest absolute Gasteiger partial charge is 0.227 e. The van der Waals surface area contributed by atoms with Crippen molar-refractivity contribution in [3.63, 3.8) is 0 Å². The van der Waals surface area contributed by atoms with Crippen molar-refractivity contribution < 1.29 is 14.3 Å². The van der Waals surface area contributed by atoms with E-state index >= 15 is 0 Å². The molecule has 0 fully saturated rings. The van der Waals surface area contributed by atoms with Gasteiger partial charge in [-0.05, 0) is 29.9 Å². The molecule has 21 heavy (non-hydrogen) atoms. The molecule has 0 spiro atoms. The molecule has 1 aliphatic carbocycles. The average molecular weight is 281 g/mol. The summed E-state index contributed by atoms with van der Waals surface area (Å²) in [4.78, 5) is 15.0. The minimum atomic E-state index is -0.168. The number of ether oxygens (including phenoxy) is 2. The van der Waals surface area contributed by atoms with Crippen LogP contribution in [0.25, 0.3) is 5.57 Å². The summed E-state index contributed by atoms with van der Waals surface area (Å²) in [6, 6.07) is 3.79. The molecule has 2 aliphatic rings. The average Bonchev–Trinajstić information content (AvgIpc) is 2.68. The van der Waals surface area contributed by atoms with Crippen LogP contribution in [0.4, 0.5) is 0 Å². The van der Waals surface area contributed by atoms with E-state index in [1.54, 1.807) is 13.3 Å². The van der Waals surface area contributed by atoms with E-state index < -0.39 is 0 Å². The summed E-state index contributed by atoms with van der Waals surface area (Å²) in [6.45, 7) is 0. The number of nitrogens with zero attached hydrogens (tertiary/aromatic N) is 1. The topological polar surface area (TPSA) is 48.4 Å². The largest absolute Gasteiger partial charge is 0.438 e. The fraction of sp³-hybridized carbons (Fsp3) is 0.176. The molecule has 0 aromatic carbocycles. The molecule has 106 valence electrons. The summed E-state index contributed by atoms with van der Waals surface area (Å²) in [5.41, 5.74) is 2.72. The molecule has 3 rings (SSSR count). The summed E-state index contributed by atoms with van der Waals surface area (Å²) in [6.07, 6.45) is 12.4. The van der Waals surface area contributed by atoms with Crippen LogP contribution in [0.3, 0.4) is 0 Å². The number of fused-ring (bicyclic) bond motifs is 2. The number of rotatable bonds is 3. The van der Waals surface area contributed by atoms with Crippen LogP contribution in [-0.4, -0.2) is 24.5 Å². The molecule has 0 saturated heterocycles. The highest BCUT2D eigenvalue weighted by atomic mass is 16.5. The minimum Gasteiger partial charge on any atom is -0.438 e. The molecule has 0 saturated carbocycles. The van der Waals surface area contributed by atoms with E-state index in [2.05, 4.69) is 4.98 Å². The van der Waals surface area contributed by atoms with Crippen molar-refractivity contribution in [3.8, 4) is 5.88 Å². The third kappa shape index (κ3) is 2.58. The first-order valence-electron chi connectivity index (χ1n) is 6.73. The molecule has 0 amide bonds. The fourth-order valence-electron chi connectivity index (χ4n) is 2.42. The van der Waals surface area contributed by atoms with Gasteiger partial charge in [0.15, 0.2) is 0 Å². The van der Waals surface area contributed by atoms with Gasteiger partial charge in [0.05, 0.1) is 0 Å². The van der Waals surface area contributed by atoms with Gasteiger partial charge in [-0.25, -0.2) is 4.98 Å². The first kappa shape index (κ1) is 13.5. The highest BCUT2D eigenvalue weighted by molar-refractivity contribution is 5.81. The summed E-state index contributed by atoms with van der Waals surface area (Å²) >= 11 is 0. The Morgan fingerprint density at radius 2 is 2.38 bits per heavy atom.